The molecule has 0 aliphatic heterocycles. The highest BCUT2D eigenvalue weighted by Gasteiger charge is 2.67. The summed E-state index contributed by atoms with van der Waals surface area (Å²) < 4.78 is -1.27. The van der Waals surface area contributed by atoms with Crippen LogP contribution in [0.1, 0.15) is 47.5 Å². The second-order valence-corrected chi connectivity index (χ2v) is 11.0. The third-order valence-electron chi connectivity index (χ3n) is 5.89. The summed E-state index contributed by atoms with van der Waals surface area (Å²) in [6.45, 7) is 0.594. The maximum Gasteiger partial charge on any atom is 0.252 e. The van der Waals surface area contributed by atoms with E-state index < -0.39 is 16.2 Å². The normalized spacial score (nSPS) is 21.2. The monoisotopic (exact) mass is 532 g/mol. The fourth-order valence-corrected chi connectivity index (χ4v) is 5.20. The molecule has 2 unspecified atom stereocenters. The number of benzene rings is 2. The Hall–Kier alpha value is -1.17. The van der Waals surface area contributed by atoms with E-state index in [0.29, 0.717) is 32.9 Å². The van der Waals surface area contributed by atoms with E-state index in [-0.39, 0.29) is 11.8 Å². The Labute approximate surface area is 211 Å². The first-order chi connectivity index (χ1) is 15.2. The summed E-state index contributed by atoms with van der Waals surface area (Å²) in [6, 6.07) is 9.82. The molecular weight excluding hydrogens is 514 g/mol. The molecule has 0 radical (unpaired) electrons. The van der Waals surface area contributed by atoms with Crippen molar-refractivity contribution in [3.05, 3.63) is 62.6 Å². The van der Waals surface area contributed by atoms with Crippen LogP contribution in [0, 0.1) is 11.8 Å². The Morgan fingerprint density at radius 1 is 0.969 bits per heavy atom. The van der Waals surface area contributed by atoms with Crippen LogP contribution in [0.2, 0.25) is 15.1 Å². The largest absolute Gasteiger partial charge is 0.352 e. The van der Waals surface area contributed by atoms with E-state index in [0.717, 1.165) is 24.3 Å². The Balaban J connectivity index is 1.40. The molecule has 2 aromatic carbocycles. The van der Waals surface area contributed by atoms with Gasteiger partial charge in [0.25, 0.3) is 5.91 Å². The summed E-state index contributed by atoms with van der Waals surface area (Å²) in [7, 11) is 0. The lowest BCUT2D eigenvalue weighted by Crippen LogP contribution is -2.25. The molecule has 2 aromatic rings. The van der Waals surface area contributed by atoms with Crippen LogP contribution in [-0.2, 0) is 4.79 Å². The van der Waals surface area contributed by atoms with Crippen molar-refractivity contribution in [1.82, 2.24) is 5.32 Å². The molecule has 4 rings (SSSR count). The van der Waals surface area contributed by atoms with Gasteiger partial charge in [0.1, 0.15) is 4.33 Å². The van der Waals surface area contributed by atoms with E-state index in [9.17, 15) is 9.59 Å². The summed E-state index contributed by atoms with van der Waals surface area (Å²) in [5, 5.41) is 6.77. The van der Waals surface area contributed by atoms with E-state index in [4.69, 9.17) is 58.0 Å². The van der Waals surface area contributed by atoms with Crippen LogP contribution >= 0.6 is 58.0 Å². The number of carbonyl (C=O) groups excluding carboxylic acids is 2. The Morgan fingerprint density at radius 2 is 1.69 bits per heavy atom. The van der Waals surface area contributed by atoms with Crippen molar-refractivity contribution in [2.45, 2.75) is 35.9 Å². The van der Waals surface area contributed by atoms with Crippen LogP contribution in [0.5, 0.6) is 0 Å². The van der Waals surface area contributed by atoms with Crippen molar-refractivity contribution in [3.8, 4) is 0 Å². The van der Waals surface area contributed by atoms with Gasteiger partial charge in [0.05, 0.1) is 26.5 Å². The van der Waals surface area contributed by atoms with Crippen molar-refractivity contribution < 1.29 is 9.59 Å². The van der Waals surface area contributed by atoms with E-state index in [1.807, 2.05) is 0 Å². The molecule has 2 atom stereocenters. The van der Waals surface area contributed by atoms with Gasteiger partial charge in [-0.2, -0.15) is 0 Å². The average Bonchev–Trinajstić information content (AvgIpc) is 3.65. The molecule has 2 aliphatic carbocycles. The summed E-state index contributed by atoms with van der Waals surface area (Å²) in [6.07, 6.45) is 4.65. The quantitative estimate of drug-likeness (QED) is 0.281. The number of halogens is 5. The lowest BCUT2D eigenvalue weighted by molar-refractivity contribution is -0.117. The Bertz CT molecular complexity index is 1050. The van der Waals surface area contributed by atoms with Gasteiger partial charge >= 0.3 is 0 Å². The molecular formula is C23H21Cl5N2O2. The average molecular weight is 535 g/mol. The second kappa shape index (κ2) is 9.60. The molecule has 9 heteroatoms. The van der Waals surface area contributed by atoms with Gasteiger partial charge in [-0.25, -0.2) is 0 Å². The molecule has 0 bridgehead atoms. The minimum absolute atomic E-state index is 0.272. The van der Waals surface area contributed by atoms with E-state index in [1.165, 1.54) is 12.8 Å². The maximum absolute atomic E-state index is 12.9. The van der Waals surface area contributed by atoms with Gasteiger partial charge in [-0.15, -0.1) is 23.2 Å². The number of hydrogen-bond donors (Lipinski definition) is 2. The zero-order chi connectivity index (χ0) is 23.0. The van der Waals surface area contributed by atoms with Crippen LogP contribution in [0.25, 0.3) is 0 Å². The van der Waals surface area contributed by atoms with Crippen molar-refractivity contribution >= 4 is 75.5 Å². The smallest absolute Gasteiger partial charge is 0.252 e. The number of carbonyl (C=O) groups is 2. The number of hydrogen-bond acceptors (Lipinski definition) is 2. The van der Waals surface area contributed by atoms with Gasteiger partial charge in [-0.05, 0) is 54.7 Å². The first-order valence-corrected chi connectivity index (χ1v) is 12.3. The van der Waals surface area contributed by atoms with Crippen LogP contribution in [0.3, 0.4) is 0 Å². The molecule has 0 aromatic heterocycles. The van der Waals surface area contributed by atoms with Gasteiger partial charge < -0.3 is 10.6 Å². The summed E-state index contributed by atoms with van der Waals surface area (Å²) in [5.74, 6) is -0.920. The minimum atomic E-state index is -1.27. The molecule has 170 valence electrons. The third-order valence-corrected chi connectivity index (χ3v) is 7.90. The zero-order valence-electron chi connectivity index (χ0n) is 16.9. The first kappa shape index (κ1) is 24.0. The number of alkyl halides is 2. The fourth-order valence-electron chi connectivity index (χ4n) is 3.86. The van der Waals surface area contributed by atoms with Gasteiger partial charge in [0.2, 0.25) is 5.91 Å². The Morgan fingerprint density at radius 3 is 2.38 bits per heavy atom. The fraction of sp³-hybridized carbons (Fsp3) is 0.391. The first-order valence-electron chi connectivity index (χ1n) is 10.4. The van der Waals surface area contributed by atoms with Crippen LogP contribution < -0.4 is 10.6 Å². The van der Waals surface area contributed by atoms with Crippen molar-refractivity contribution in [2.24, 2.45) is 11.8 Å². The van der Waals surface area contributed by atoms with Crippen LogP contribution in [0.15, 0.2) is 36.4 Å². The summed E-state index contributed by atoms with van der Waals surface area (Å²) >= 11 is 31.1. The topological polar surface area (TPSA) is 58.2 Å². The molecule has 2 aliphatic rings. The molecule has 2 fully saturated rings. The van der Waals surface area contributed by atoms with Gasteiger partial charge in [-0.3, -0.25) is 9.59 Å². The third kappa shape index (κ3) is 5.31. The highest BCUT2D eigenvalue weighted by atomic mass is 35.5. The lowest BCUT2D eigenvalue weighted by Gasteiger charge is -2.10. The molecule has 2 amide bonds. The Kier molecular flexibility index (Phi) is 7.19. The molecule has 2 saturated carbocycles. The van der Waals surface area contributed by atoms with Gasteiger partial charge in [0, 0.05) is 18.2 Å². The second-order valence-electron chi connectivity index (χ2n) is 8.33. The molecule has 0 spiro atoms. The minimum Gasteiger partial charge on any atom is -0.352 e. The SMILES string of the molecule is O=C(NCCCC1CC1)c1cc(NC(=O)C2C(c3ccc(Cl)c(Cl)c3)C2(Cl)Cl)ccc1Cl. The standard InChI is InChI=1S/C23H21Cl5N2O2/c24-16-8-6-14(11-15(16)21(31)29-9-1-2-12-3-4-12)30-22(32)20-19(23(20,27)28)13-5-7-17(25)18(26)10-13/h5-8,10-12,19-20H,1-4,9H2,(H,29,31)(H,30,32). The predicted octanol–water partition coefficient (Wildman–Crippen LogP) is 7.09. The van der Waals surface area contributed by atoms with Crippen molar-refractivity contribution in [2.75, 3.05) is 11.9 Å². The van der Waals surface area contributed by atoms with Crippen LogP contribution in [-0.4, -0.2) is 22.7 Å². The molecule has 0 heterocycles. The number of rotatable bonds is 8. The number of anilines is 1. The molecule has 2 N–H and O–H groups in total. The summed E-state index contributed by atoms with van der Waals surface area (Å²) in [4.78, 5) is 25.4. The zero-order valence-corrected chi connectivity index (χ0v) is 20.7. The van der Waals surface area contributed by atoms with E-state index >= 15 is 0 Å². The highest BCUT2D eigenvalue weighted by molar-refractivity contribution is 6.53. The van der Waals surface area contributed by atoms with E-state index in [2.05, 4.69) is 10.6 Å². The predicted molar refractivity (Wildman–Crippen MR) is 132 cm³/mol. The molecule has 4 nitrogen and oxygen atoms in total. The highest BCUT2D eigenvalue weighted by Crippen LogP contribution is 2.65. The molecule has 32 heavy (non-hydrogen) atoms. The van der Waals surface area contributed by atoms with Crippen molar-refractivity contribution in [1.29, 1.82) is 0 Å². The van der Waals surface area contributed by atoms with E-state index in [1.54, 1.807) is 36.4 Å². The van der Waals surface area contributed by atoms with Gasteiger partial charge in [0.15, 0.2) is 0 Å². The number of nitrogens with one attached hydrogen (secondary N) is 2. The molecule has 0 saturated heterocycles. The van der Waals surface area contributed by atoms with Crippen LogP contribution in [0.4, 0.5) is 5.69 Å². The summed E-state index contributed by atoms with van der Waals surface area (Å²) in [5.41, 5.74) is 1.47. The maximum atomic E-state index is 12.9. The van der Waals surface area contributed by atoms with Crippen molar-refractivity contribution in [3.63, 3.8) is 0 Å². The van der Waals surface area contributed by atoms with Gasteiger partial charge in [-0.1, -0.05) is 53.7 Å². The lowest BCUT2D eigenvalue weighted by atomic mass is 10.1. The number of amides is 2.